The molecule has 118 valence electrons. The molecule has 0 aliphatic heterocycles. The fraction of sp³-hybridized carbons (Fsp3) is 0.562. The highest BCUT2D eigenvalue weighted by atomic mass is 35.5. The summed E-state index contributed by atoms with van der Waals surface area (Å²) in [5.41, 5.74) is 0.311. The Morgan fingerprint density at radius 1 is 1.33 bits per heavy atom. The third kappa shape index (κ3) is 6.29. The van der Waals surface area contributed by atoms with Gasteiger partial charge in [0.05, 0.1) is 0 Å². The second kappa shape index (κ2) is 8.06. The van der Waals surface area contributed by atoms with E-state index < -0.39 is 11.5 Å². The minimum atomic E-state index is -0.888. The molecule has 2 N–H and O–H groups in total. The Hall–Kier alpha value is -0.710. The van der Waals surface area contributed by atoms with Crippen molar-refractivity contribution in [2.24, 2.45) is 0 Å². The molecular formula is C16H24ClNO2S. The zero-order valence-electron chi connectivity index (χ0n) is 13.0. The fourth-order valence-electron chi connectivity index (χ4n) is 2.30. The van der Waals surface area contributed by atoms with Gasteiger partial charge in [0.1, 0.15) is 5.54 Å². The quantitative estimate of drug-likeness (QED) is 0.750. The molecule has 0 amide bonds. The second-order valence-corrected chi connectivity index (χ2v) is 7.75. The highest BCUT2D eigenvalue weighted by Crippen LogP contribution is 2.26. The molecule has 2 atom stereocenters. The largest absolute Gasteiger partial charge is 0.480 e. The molecule has 21 heavy (non-hydrogen) atoms. The molecule has 0 radical (unpaired) electrons. The van der Waals surface area contributed by atoms with E-state index in [1.807, 2.05) is 38.1 Å². The van der Waals surface area contributed by atoms with Crippen LogP contribution in [-0.4, -0.2) is 27.9 Å². The first kappa shape index (κ1) is 18.3. The Balaban J connectivity index is 2.56. The van der Waals surface area contributed by atoms with E-state index in [0.29, 0.717) is 6.42 Å². The average molecular weight is 330 g/mol. The number of aliphatic carboxylic acids is 1. The Bertz CT molecular complexity index is 464. The number of hydrogen-bond acceptors (Lipinski definition) is 3. The number of carboxylic acid groups (broad SMARTS) is 1. The highest BCUT2D eigenvalue weighted by molar-refractivity contribution is 7.99. The predicted octanol–water partition coefficient (Wildman–Crippen LogP) is 4.19. The summed E-state index contributed by atoms with van der Waals surface area (Å²) in [7, 11) is 0. The van der Waals surface area contributed by atoms with Gasteiger partial charge in [0.2, 0.25) is 0 Å². The molecule has 0 aliphatic carbocycles. The topological polar surface area (TPSA) is 49.3 Å². The number of carbonyl (C=O) groups is 1. The summed E-state index contributed by atoms with van der Waals surface area (Å²) in [6.45, 7) is 7.76. The van der Waals surface area contributed by atoms with Crippen molar-refractivity contribution < 1.29 is 9.90 Å². The SMILES string of the molecule is CC(C)NC(C)(CC(C)SCc1ccc(Cl)cc1)C(=O)O. The number of carboxylic acids is 1. The van der Waals surface area contributed by atoms with Crippen LogP contribution in [0.2, 0.25) is 5.02 Å². The van der Waals surface area contributed by atoms with Crippen LogP contribution in [0.1, 0.15) is 39.7 Å². The van der Waals surface area contributed by atoms with Crippen LogP contribution in [0.25, 0.3) is 0 Å². The van der Waals surface area contributed by atoms with E-state index in [4.69, 9.17) is 11.6 Å². The molecule has 0 aromatic heterocycles. The average Bonchev–Trinajstić information content (AvgIpc) is 2.36. The van der Waals surface area contributed by atoms with E-state index in [1.54, 1.807) is 18.7 Å². The lowest BCUT2D eigenvalue weighted by Gasteiger charge is -2.31. The van der Waals surface area contributed by atoms with Crippen LogP contribution in [0.5, 0.6) is 0 Å². The molecule has 0 heterocycles. The Labute approximate surface area is 136 Å². The standard InChI is InChI=1S/C16H24ClNO2S/c1-11(2)18-16(4,15(19)20)9-12(3)21-10-13-5-7-14(17)8-6-13/h5-8,11-12,18H,9-10H2,1-4H3,(H,19,20). The van der Waals surface area contributed by atoms with Crippen molar-refractivity contribution >= 4 is 29.3 Å². The molecule has 3 nitrogen and oxygen atoms in total. The zero-order valence-corrected chi connectivity index (χ0v) is 14.6. The minimum absolute atomic E-state index is 0.138. The molecule has 1 aromatic carbocycles. The summed E-state index contributed by atoms with van der Waals surface area (Å²) in [6, 6.07) is 7.91. The third-order valence-electron chi connectivity index (χ3n) is 3.22. The summed E-state index contributed by atoms with van der Waals surface area (Å²) in [6.07, 6.45) is 0.582. The van der Waals surface area contributed by atoms with Crippen LogP contribution in [-0.2, 0) is 10.5 Å². The lowest BCUT2D eigenvalue weighted by molar-refractivity contribution is -0.144. The van der Waals surface area contributed by atoms with Gasteiger partial charge >= 0.3 is 5.97 Å². The molecule has 0 aliphatic rings. The van der Waals surface area contributed by atoms with Crippen LogP contribution in [0.4, 0.5) is 0 Å². The highest BCUT2D eigenvalue weighted by Gasteiger charge is 2.35. The molecule has 0 spiro atoms. The van der Waals surface area contributed by atoms with Crippen molar-refractivity contribution in [3.8, 4) is 0 Å². The lowest BCUT2D eigenvalue weighted by Crippen LogP contribution is -2.53. The maximum absolute atomic E-state index is 11.5. The Kier molecular flexibility index (Phi) is 7.04. The predicted molar refractivity (Wildman–Crippen MR) is 91.1 cm³/mol. The van der Waals surface area contributed by atoms with Gasteiger partial charge in [-0.2, -0.15) is 11.8 Å². The fourth-order valence-corrected chi connectivity index (χ4v) is 3.54. The number of benzene rings is 1. The van der Waals surface area contributed by atoms with Gasteiger partial charge in [0.15, 0.2) is 0 Å². The van der Waals surface area contributed by atoms with E-state index in [0.717, 1.165) is 10.8 Å². The van der Waals surface area contributed by atoms with Gasteiger partial charge in [-0.05, 0) is 44.9 Å². The van der Waals surface area contributed by atoms with Gasteiger partial charge in [0.25, 0.3) is 0 Å². The van der Waals surface area contributed by atoms with Crippen molar-refractivity contribution in [2.45, 2.75) is 56.7 Å². The first-order valence-corrected chi connectivity index (χ1v) is 8.53. The molecule has 5 heteroatoms. The summed E-state index contributed by atoms with van der Waals surface area (Å²) in [5.74, 6) is 0.0607. The second-order valence-electron chi connectivity index (χ2n) is 5.89. The van der Waals surface area contributed by atoms with Crippen molar-refractivity contribution in [3.05, 3.63) is 34.9 Å². The summed E-state index contributed by atoms with van der Waals surface area (Å²) in [4.78, 5) is 11.5. The molecule has 1 aromatic rings. The normalized spacial score (nSPS) is 15.7. The van der Waals surface area contributed by atoms with Crippen LogP contribution < -0.4 is 5.32 Å². The first-order chi connectivity index (χ1) is 9.73. The maximum atomic E-state index is 11.5. The van der Waals surface area contributed by atoms with Gasteiger partial charge in [-0.25, -0.2) is 0 Å². The first-order valence-electron chi connectivity index (χ1n) is 7.10. The van der Waals surface area contributed by atoms with Gasteiger partial charge in [0, 0.05) is 22.1 Å². The van der Waals surface area contributed by atoms with Crippen molar-refractivity contribution in [3.63, 3.8) is 0 Å². The van der Waals surface area contributed by atoms with E-state index in [9.17, 15) is 9.90 Å². The van der Waals surface area contributed by atoms with Crippen LogP contribution in [0.3, 0.4) is 0 Å². The smallest absolute Gasteiger partial charge is 0.323 e. The van der Waals surface area contributed by atoms with Crippen LogP contribution >= 0.6 is 23.4 Å². The zero-order chi connectivity index (χ0) is 16.0. The van der Waals surface area contributed by atoms with E-state index in [-0.39, 0.29) is 11.3 Å². The van der Waals surface area contributed by atoms with E-state index in [1.165, 1.54) is 5.56 Å². The van der Waals surface area contributed by atoms with Crippen LogP contribution in [0.15, 0.2) is 24.3 Å². The van der Waals surface area contributed by atoms with Gasteiger partial charge in [-0.3, -0.25) is 10.1 Å². The molecule has 0 saturated carbocycles. The monoisotopic (exact) mass is 329 g/mol. The van der Waals surface area contributed by atoms with Gasteiger partial charge in [-0.1, -0.05) is 30.7 Å². The summed E-state index contributed by atoms with van der Waals surface area (Å²) >= 11 is 7.62. The van der Waals surface area contributed by atoms with Crippen molar-refractivity contribution in [1.29, 1.82) is 0 Å². The van der Waals surface area contributed by atoms with E-state index >= 15 is 0 Å². The molecule has 0 bridgehead atoms. The van der Waals surface area contributed by atoms with Crippen molar-refractivity contribution in [1.82, 2.24) is 5.32 Å². The number of hydrogen-bond donors (Lipinski definition) is 2. The number of rotatable bonds is 8. The van der Waals surface area contributed by atoms with Crippen LogP contribution in [0, 0.1) is 0 Å². The van der Waals surface area contributed by atoms with E-state index in [2.05, 4.69) is 12.2 Å². The molecule has 0 saturated heterocycles. The number of nitrogens with one attached hydrogen (secondary N) is 1. The maximum Gasteiger partial charge on any atom is 0.323 e. The summed E-state index contributed by atoms with van der Waals surface area (Å²) in [5, 5.41) is 13.6. The molecular weight excluding hydrogens is 306 g/mol. The number of halogens is 1. The third-order valence-corrected chi connectivity index (χ3v) is 4.71. The minimum Gasteiger partial charge on any atom is -0.480 e. The van der Waals surface area contributed by atoms with Crippen molar-refractivity contribution in [2.75, 3.05) is 0 Å². The lowest BCUT2D eigenvalue weighted by atomic mass is 9.95. The Morgan fingerprint density at radius 2 is 1.90 bits per heavy atom. The molecule has 2 unspecified atom stereocenters. The summed E-state index contributed by atoms with van der Waals surface area (Å²) < 4.78 is 0. The van der Waals surface area contributed by atoms with Gasteiger partial charge < -0.3 is 5.11 Å². The van der Waals surface area contributed by atoms with Gasteiger partial charge in [-0.15, -0.1) is 0 Å². The molecule has 0 fully saturated rings. The number of thioether (sulfide) groups is 1. The molecule has 1 rings (SSSR count). The Morgan fingerprint density at radius 3 is 2.38 bits per heavy atom.